The van der Waals surface area contributed by atoms with Crippen LogP contribution in [-0.2, 0) is 9.59 Å². The fourth-order valence-corrected chi connectivity index (χ4v) is 1.95. The van der Waals surface area contributed by atoms with E-state index in [0.717, 1.165) is 6.42 Å². The first-order chi connectivity index (χ1) is 6.02. The second-order valence-electron chi connectivity index (χ2n) is 3.81. The van der Waals surface area contributed by atoms with Gasteiger partial charge in [0.25, 0.3) is 0 Å². The van der Waals surface area contributed by atoms with Crippen LogP contribution in [0.2, 0.25) is 0 Å². The number of carboxylic acid groups (broad SMARTS) is 2. The average Bonchev–Trinajstić information content (AvgIpc) is 2.03. The molecule has 6 heteroatoms. The maximum absolute atomic E-state index is 10.8. The van der Waals surface area contributed by atoms with Gasteiger partial charge in [0.2, 0.25) is 0 Å². The summed E-state index contributed by atoms with van der Waals surface area (Å²) in [5.74, 6) is -3.00. The molecule has 0 aromatic carbocycles. The Morgan fingerprint density at radius 1 is 1.07 bits per heavy atom. The van der Waals surface area contributed by atoms with Crippen molar-refractivity contribution in [2.24, 2.45) is 17.8 Å². The Morgan fingerprint density at radius 3 is 1.93 bits per heavy atom. The summed E-state index contributed by atoms with van der Waals surface area (Å²) >= 11 is 0. The molecule has 1 fully saturated rings. The molecular weight excluding hydrogens is 186 g/mol. The number of hydrogen-bond donors (Lipinski definition) is 2. The Labute approximate surface area is 116 Å². The van der Waals surface area contributed by atoms with Crippen molar-refractivity contribution < 1.29 is 60.4 Å². The van der Waals surface area contributed by atoms with Crippen molar-refractivity contribution in [3.05, 3.63) is 0 Å². The van der Waals surface area contributed by atoms with Crippen LogP contribution in [0.25, 0.3) is 0 Å². The van der Waals surface area contributed by atoms with Gasteiger partial charge < -0.3 is 13.1 Å². The van der Waals surface area contributed by atoms with Crippen molar-refractivity contribution in [2.75, 3.05) is 0 Å². The van der Waals surface area contributed by atoms with Gasteiger partial charge in [-0.3, -0.25) is 9.59 Å². The van der Waals surface area contributed by atoms with Gasteiger partial charge >= 0.3 is 49.7 Å². The van der Waals surface area contributed by atoms with Crippen molar-refractivity contribution >= 4 is 11.9 Å². The van der Waals surface area contributed by atoms with Gasteiger partial charge in [-0.1, -0.05) is 6.92 Å². The second-order valence-corrected chi connectivity index (χ2v) is 3.81. The summed E-state index contributed by atoms with van der Waals surface area (Å²) < 4.78 is 0. The van der Waals surface area contributed by atoms with E-state index in [1.54, 1.807) is 0 Å². The fourth-order valence-electron chi connectivity index (χ4n) is 1.95. The summed E-state index contributed by atoms with van der Waals surface area (Å²) in [5.41, 5.74) is 0. The van der Waals surface area contributed by atoms with E-state index in [-0.39, 0.29) is 40.6 Å². The zero-order chi connectivity index (χ0) is 10.0. The first-order valence-corrected chi connectivity index (χ1v) is 4.48. The molecular formula is C9H16Li2O4. The minimum atomic E-state index is -0.973. The van der Waals surface area contributed by atoms with Crippen LogP contribution in [0.15, 0.2) is 0 Å². The quantitative estimate of drug-likeness (QED) is 0.442. The van der Waals surface area contributed by atoms with Gasteiger partial charge in [-0.15, -0.1) is 0 Å². The van der Waals surface area contributed by atoms with E-state index in [2.05, 4.69) is 0 Å². The number of rotatable bonds is 2. The van der Waals surface area contributed by atoms with E-state index in [1.165, 1.54) is 0 Å². The maximum Gasteiger partial charge on any atom is 1.00 e. The molecule has 0 bridgehead atoms. The standard InChI is InChI=1S/C9H14O4.2Li.2H/c1-5-2-3-6(8(10)11)7(4-5)9(12)13;;;;/h5-7H,2-4H2,1H3,(H,10,11)(H,12,13);;;;/q;2*+1;2*-1. The molecule has 0 radical (unpaired) electrons. The minimum Gasteiger partial charge on any atom is -1.00 e. The number of carboxylic acids is 2. The summed E-state index contributed by atoms with van der Waals surface area (Å²) in [5, 5.41) is 17.6. The van der Waals surface area contributed by atoms with E-state index >= 15 is 0 Å². The first kappa shape index (κ1) is 17.5. The molecule has 3 atom stereocenters. The van der Waals surface area contributed by atoms with Crippen molar-refractivity contribution in [3.63, 3.8) is 0 Å². The Hall–Kier alpha value is 0.135. The van der Waals surface area contributed by atoms with Crippen LogP contribution >= 0.6 is 0 Å². The third-order valence-electron chi connectivity index (χ3n) is 2.75. The molecule has 0 aliphatic heterocycles. The first-order valence-electron chi connectivity index (χ1n) is 4.48. The van der Waals surface area contributed by atoms with E-state index in [4.69, 9.17) is 10.2 Å². The zero-order valence-electron chi connectivity index (χ0n) is 11.6. The Balaban J connectivity index is -0.000000211. The predicted molar refractivity (Wildman–Crippen MR) is 47.5 cm³/mol. The summed E-state index contributed by atoms with van der Waals surface area (Å²) in [6, 6.07) is 0. The van der Waals surface area contributed by atoms with Crippen LogP contribution in [0.3, 0.4) is 0 Å². The van der Waals surface area contributed by atoms with Gasteiger partial charge in [-0.25, -0.2) is 0 Å². The third kappa shape index (κ3) is 4.66. The van der Waals surface area contributed by atoms with E-state index in [9.17, 15) is 9.59 Å². The van der Waals surface area contributed by atoms with Crippen molar-refractivity contribution in [1.82, 2.24) is 0 Å². The SMILES string of the molecule is CC1CCC(C(=O)O)C(C(=O)O)C1.[H-].[H-].[Li+].[Li+]. The van der Waals surface area contributed by atoms with Gasteiger partial charge in [-0.2, -0.15) is 0 Å². The fraction of sp³-hybridized carbons (Fsp3) is 0.778. The molecule has 0 aromatic rings. The van der Waals surface area contributed by atoms with Crippen molar-refractivity contribution in [2.45, 2.75) is 26.2 Å². The molecule has 3 unspecified atom stereocenters. The summed E-state index contributed by atoms with van der Waals surface area (Å²) in [4.78, 5) is 21.5. The molecule has 78 valence electrons. The van der Waals surface area contributed by atoms with Gasteiger partial charge in [0.1, 0.15) is 0 Å². The second kappa shape index (κ2) is 7.42. The summed E-state index contributed by atoms with van der Waals surface area (Å²) in [7, 11) is 0. The smallest absolute Gasteiger partial charge is 1.00 e. The molecule has 1 saturated carbocycles. The molecule has 1 aliphatic rings. The maximum atomic E-state index is 10.8. The molecule has 1 aliphatic carbocycles. The number of carbonyl (C=O) groups is 2. The van der Waals surface area contributed by atoms with Gasteiger partial charge in [-0.05, 0) is 25.2 Å². The minimum absolute atomic E-state index is 0. The predicted octanol–water partition coefficient (Wildman–Crippen LogP) is -4.56. The van der Waals surface area contributed by atoms with Crippen molar-refractivity contribution in [1.29, 1.82) is 0 Å². The van der Waals surface area contributed by atoms with Crippen LogP contribution in [-0.4, -0.2) is 22.2 Å². The van der Waals surface area contributed by atoms with E-state index in [1.807, 2.05) is 6.92 Å². The van der Waals surface area contributed by atoms with Crippen LogP contribution in [0.1, 0.15) is 29.0 Å². The van der Waals surface area contributed by atoms with E-state index < -0.39 is 23.8 Å². The zero-order valence-corrected chi connectivity index (χ0v) is 9.56. The Kier molecular flexibility index (Phi) is 8.66. The van der Waals surface area contributed by atoms with Crippen LogP contribution in [0, 0.1) is 17.8 Å². The summed E-state index contributed by atoms with van der Waals surface area (Å²) in [6.45, 7) is 1.97. The van der Waals surface area contributed by atoms with Crippen LogP contribution < -0.4 is 37.7 Å². The number of hydrogen-bond acceptors (Lipinski definition) is 2. The average molecular weight is 202 g/mol. The van der Waals surface area contributed by atoms with Crippen molar-refractivity contribution in [3.8, 4) is 0 Å². The molecule has 0 heterocycles. The summed E-state index contributed by atoms with van der Waals surface area (Å²) in [6.07, 6.45) is 1.81. The molecule has 2 N–H and O–H groups in total. The normalized spacial score (nSPS) is 29.5. The van der Waals surface area contributed by atoms with Gasteiger partial charge in [0.05, 0.1) is 11.8 Å². The van der Waals surface area contributed by atoms with Gasteiger partial charge in [0.15, 0.2) is 0 Å². The molecule has 0 amide bonds. The van der Waals surface area contributed by atoms with Gasteiger partial charge in [0, 0.05) is 0 Å². The number of aliphatic carboxylic acids is 2. The monoisotopic (exact) mass is 202 g/mol. The third-order valence-corrected chi connectivity index (χ3v) is 2.75. The Bertz CT molecular complexity index is 241. The molecule has 15 heavy (non-hydrogen) atoms. The van der Waals surface area contributed by atoms with E-state index in [0.29, 0.717) is 18.8 Å². The topological polar surface area (TPSA) is 74.6 Å². The molecule has 0 spiro atoms. The van der Waals surface area contributed by atoms with Crippen LogP contribution in [0.5, 0.6) is 0 Å². The largest absolute Gasteiger partial charge is 1.00 e. The molecule has 1 rings (SSSR count). The molecule has 0 saturated heterocycles. The van der Waals surface area contributed by atoms with Crippen LogP contribution in [0.4, 0.5) is 0 Å². The Morgan fingerprint density at radius 2 is 1.53 bits per heavy atom. The molecule has 0 aromatic heterocycles. The molecule has 4 nitrogen and oxygen atoms in total.